The van der Waals surface area contributed by atoms with Gasteiger partial charge in [-0.15, -0.1) is 0 Å². The second kappa shape index (κ2) is 11.4. The van der Waals surface area contributed by atoms with Gasteiger partial charge in [-0.05, 0) is 51.2 Å². The van der Waals surface area contributed by atoms with Gasteiger partial charge < -0.3 is 20.0 Å². The number of nitrogens with one attached hydrogen (secondary N) is 1. The summed E-state index contributed by atoms with van der Waals surface area (Å²) in [5, 5.41) is 7.94. The van der Waals surface area contributed by atoms with Crippen molar-refractivity contribution in [3.63, 3.8) is 0 Å². The Balaban J connectivity index is 0.00000342. The fraction of sp³-hybridized carbons (Fsp3) is 0.522. The molecular formula is C23H31N6NaO3S2. The maximum absolute atomic E-state index is 13.5. The second-order valence-electron chi connectivity index (χ2n) is 8.75. The Morgan fingerprint density at radius 2 is 1.91 bits per heavy atom. The second-order valence-corrected chi connectivity index (χ2v) is 11.1. The van der Waals surface area contributed by atoms with E-state index in [1.54, 1.807) is 22.9 Å². The van der Waals surface area contributed by atoms with Gasteiger partial charge in [0.15, 0.2) is 0 Å². The smallest absolute Gasteiger partial charge is 0.493 e. The first-order valence-electron chi connectivity index (χ1n) is 11.6. The quantitative estimate of drug-likeness (QED) is 0.340. The van der Waals surface area contributed by atoms with Crippen LogP contribution in [0.4, 0.5) is 0 Å². The molecule has 2 atom stereocenters. The van der Waals surface area contributed by atoms with Crippen LogP contribution in [0.15, 0.2) is 23.1 Å². The summed E-state index contributed by atoms with van der Waals surface area (Å²) in [5.74, 6) is 0.851. The predicted octanol–water partition coefficient (Wildman–Crippen LogP) is 0.0481. The van der Waals surface area contributed by atoms with Gasteiger partial charge in [0.05, 0.1) is 27.4 Å². The minimum atomic E-state index is -3.72. The molecular weight excluding hydrogens is 495 g/mol. The Morgan fingerprint density at radius 1 is 1.23 bits per heavy atom. The van der Waals surface area contributed by atoms with E-state index in [0.29, 0.717) is 52.5 Å². The van der Waals surface area contributed by atoms with Crippen LogP contribution < -0.4 is 44.6 Å². The van der Waals surface area contributed by atoms with E-state index in [2.05, 4.69) is 22.3 Å². The standard InChI is InChI=1S/C23H32N6O3S2.Na/c1-6-8-18-20-21(28(5)27-18)23(33)26-22(25-20)17-11-16(9-10-19(17)32-7-2)34(30,31)29-12-14(3)24-15(4)13-29;/h9-11,14-15,24H,6-8,12-13H2,1-5H3,(H,25,26,33);/q;+1/p-1/t14-,15+;. The van der Waals surface area contributed by atoms with Gasteiger partial charge in [-0.2, -0.15) is 9.40 Å². The van der Waals surface area contributed by atoms with Crippen LogP contribution in [0.5, 0.6) is 5.75 Å². The van der Waals surface area contributed by atoms with Crippen molar-refractivity contribution in [1.29, 1.82) is 0 Å². The van der Waals surface area contributed by atoms with E-state index in [9.17, 15) is 8.42 Å². The molecule has 0 bridgehead atoms. The summed E-state index contributed by atoms with van der Waals surface area (Å²) in [5.41, 5.74) is 2.74. The van der Waals surface area contributed by atoms with Gasteiger partial charge in [0.25, 0.3) is 0 Å². The van der Waals surface area contributed by atoms with Crippen LogP contribution in [0.3, 0.4) is 0 Å². The number of hydrogen-bond donors (Lipinski definition) is 1. The van der Waals surface area contributed by atoms with Crippen molar-refractivity contribution in [1.82, 2.24) is 29.4 Å². The number of piperazine rings is 1. The molecule has 1 N–H and O–H groups in total. The van der Waals surface area contributed by atoms with Crippen LogP contribution in [0.1, 0.15) is 39.8 Å². The molecule has 0 aliphatic carbocycles. The number of aromatic nitrogens is 4. The number of rotatable bonds is 7. The van der Waals surface area contributed by atoms with Gasteiger partial charge in [0.2, 0.25) is 10.0 Å². The van der Waals surface area contributed by atoms with Gasteiger partial charge in [0, 0.05) is 43.3 Å². The number of aryl methyl sites for hydroxylation is 2. The molecule has 1 fully saturated rings. The Bertz CT molecular complexity index is 1360. The molecule has 1 aliphatic heterocycles. The van der Waals surface area contributed by atoms with Gasteiger partial charge in [-0.1, -0.05) is 25.6 Å². The molecule has 9 nitrogen and oxygen atoms in total. The summed E-state index contributed by atoms with van der Waals surface area (Å²) < 4.78 is 36.5. The van der Waals surface area contributed by atoms with Crippen LogP contribution in [-0.2, 0) is 23.5 Å². The SMILES string of the molecule is CCCc1nn(C)c2c(=S)nc(-c3cc(S(=O)(=O)N4C[C@@H](C)N[C@@H](C)C4)ccc3OCC)[n-]c12.[Na+]. The van der Waals surface area contributed by atoms with E-state index >= 15 is 0 Å². The van der Waals surface area contributed by atoms with E-state index < -0.39 is 10.0 Å². The van der Waals surface area contributed by atoms with E-state index in [1.165, 1.54) is 4.31 Å². The third-order valence-corrected chi connectivity index (χ3v) is 7.97. The molecule has 0 spiro atoms. The molecule has 184 valence electrons. The van der Waals surface area contributed by atoms with E-state index in [1.807, 2.05) is 27.8 Å². The number of hydrogen-bond acceptors (Lipinski definition) is 7. The maximum Gasteiger partial charge on any atom is 1.00 e. The van der Waals surface area contributed by atoms with Crippen LogP contribution in [0, 0.1) is 4.64 Å². The van der Waals surface area contributed by atoms with E-state index in [4.69, 9.17) is 21.9 Å². The number of benzene rings is 1. The van der Waals surface area contributed by atoms with Crippen molar-refractivity contribution in [2.75, 3.05) is 19.7 Å². The van der Waals surface area contributed by atoms with Gasteiger partial charge in [0.1, 0.15) is 5.75 Å². The van der Waals surface area contributed by atoms with Crippen molar-refractivity contribution < 1.29 is 42.7 Å². The monoisotopic (exact) mass is 526 g/mol. The number of ether oxygens (including phenoxy) is 1. The first-order valence-corrected chi connectivity index (χ1v) is 13.4. The molecule has 35 heavy (non-hydrogen) atoms. The third-order valence-electron chi connectivity index (χ3n) is 5.86. The maximum atomic E-state index is 13.5. The van der Waals surface area contributed by atoms with Crippen molar-refractivity contribution in [2.24, 2.45) is 7.05 Å². The van der Waals surface area contributed by atoms with Gasteiger partial charge in [-0.3, -0.25) is 4.68 Å². The topological polar surface area (TPSA) is 103 Å². The zero-order valence-corrected chi connectivity index (χ0v) is 24.8. The van der Waals surface area contributed by atoms with Crippen molar-refractivity contribution in [3.05, 3.63) is 28.5 Å². The summed E-state index contributed by atoms with van der Waals surface area (Å²) in [6.07, 6.45) is 1.67. The summed E-state index contributed by atoms with van der Waals surface area (Å²) in [4.78, 5) is 9.52. The fourth-order valence-electron chi connectivity index (χ4n) is 4.48. The molecule has 1 aromatic carbocycles. The van der Waals surface area contributed by atoms with Gasteiger partial charge in [-0.25, -0.2) is 8.42 Å². The number of fused-ring (bicyclic) bond motifs is 1. The minimum absolute atomic E-state index is 0. The zero-order chi connectivity index (χ0) is 24.6. The first kappa shape index (κ1) is 28.2. The molecule has 3 heterocycles. The summed E-state index contributed by atoms with van der Waals surface area (Å²) in [6.45, 7) is 9.16. The van der Waals surface area contributed by atoms with Crippen molar-refractivity contribution >= 4 is 33.3 Å². The average Bonchev–Trinajstić information content (AvgIpc) is 3.09. The van der Waals surface area contributed by atoms with E-state index in [-0.39, 0.29) is 46.5 Å². The predicted molar refractivity (Wildman–Crippen MR) is 134 cm³/mol. The molecule has 4 rings (SSSR count). The molecule has 0 saturated carbocycles. The molecule has 0 amide bonds. The Labute approximate surface area is 234 Å². The number of sulfonamides is 1. The number of nitrogens with zero attached hydrogens (tertiary/aromatic N) is 5. The van der Waals surface area contributed by atoms with Crippen LogP contribution in [-0.4, -0.2) is 59.3 Å². The minimum Gasteiger partial charge on any atom is -0.493 e. The molecule has 0 radical (unpaired) electrons. The molecule has 0 unspecified atom stereocenters. The Morgan fingerprint density at radius 3 is 2.54 bits per heavy atom. The molecule has 3 aromatic rings. The average molecular weight is 527 g/mol. The van der Waals surface area contributed by atoms with Crippen LogP contribution in [0.2, 0.25) is 0 Å². The fourth-order valence-corrected chi connectivity index (χ4v) is 6.44. The summed E-state index contributed by atoms with van der Waals surface area (Å²) >= 11 is 5.58. The molecule has 12 heteroatoms. The third kappa shape index (κ3) is 5.66. The Hall–Kier alpha value is -1.34. The van der Waals surface area contributed by atoms with Crippen molar-refractivity contribution in [3.8, 4) is 17.1 Å². The molecule has 1 saturated heterocycles. The molecule has 1 aliphatic rings. The first-order chi connectivity index (χ1) is 16.1. The van der Waals surface area contributed by atoms with Gasteiger partial charge >= 0.3 is 29.6 Å². The van der Waals surface area contributed by atoms with Crippen LogP contribution >= 0.6 is 12.2 Å². The normalized spacial score (nSPS) is 19.0. The van der Waals surface area contributed by atoms with E-state index in [0.717, 1.165) is 18.5 Å². The summed E-state index contributed by atoms with van der Waals surface area (Å²) in [7, 11) is -1.89. The van der Waals surface area contributed by atoms with Crippen molar-refractivity contribution in [2.45, 2.75) is 57.5 Å². The molecule has 2 aromatic heterocycles. The zero-order valence-electron chi connectivity index (χ0n) is 21.2. The van der Waals surface area contributed by atoms with Crippen LogP contribution in [0.25, 0.3) is 22.4 Å². The summed E-state index contributed by atoms with van der Waals surface area (Å²) in [6, 6.07) is 4.99. The largest absolute Gasteiger partial charge is 1.00 e. The Kier molecular flexibility index (Phi) is 9.17.